The van der Waals surface area contributed by atoms with Crippen molar-refractivity contribution < 1.29 is 0 Å². The van der Waals surface area contributed by atoms with Gasteiger partial charge in [-0.05, 0) is 13.5 Å². The van der Waals surface area contributed by atoms with Crippen LogP contribution in [0.3, 0.4) is 0 Å². The van der Waals surface area contributed by atoms with E-state index in [0.29, 0.717) is 0 Å². The number of aromatic nitrogens is 2. The molecule has 2 rings (SSSR count). The quantitative estimate of drug-likeness (QED) is 0.772. The van der Waals surface area contributed by atoms with Crippen LogP contribution in [-0.2, 0) is 5.79 Å². The zero-order valence-electron chi connectivity index (χ0n) is 13.4. The molecule has 1 aromatic heterocycles. The molecule has 1 unspecified atom stereocenters. The summed E-state index contributed by atoms with van der Waals surface area (Å²) in [5.41, 5.74) is 3.70. The third kappa shape index (κ3) is 3.90. The van der Waals surface area contributed by atoms with Crippen LogP contribution in [0, 0.1) is 0 Å². The van der Waals surface area contributed by atoms with Crippen molar-refractivity contribution in [1.29, 1.82) is 0 Å². The molecule has 0 aliphatic carbocycles. The molecular weight excluding hydrogens is 295 g/mol. The molecule has 20 heavy (non-hydrogen) atoms. The summed E-state index contributed by atoms with van der Waals surface area (Å²) < 4.78 is 5.08. The minimum Gasteiger partial charge on any atom is -0.232 e. The lowest BCUT2D eigenvalue weighted by molar-refractivity contribution is 1.37. The Labute approximate surface area is 125 Å². The lowest BCUT2D eigenvalue weighted by atomic mass is 10.2. The first-order valence-corrected chi connectivity index (χ1v) is 15.9. The van der Waals surface area contributed by atoms with E-state index in [9.17, 15) is 0 Å². The van der Waals surface area contributed by atoms with E-state index >= 15 is 0 Å². The highest BCUT2D eigenvalue weighted by atomic mass is 31.1. The number of hydrogen-bond acceptors (Lipinski definition) is 2. The molecule has 1 heterocycles. The highest BCUT2D eigenvalue weighted by Gasteiger charge is 2.26. The van der Waals surface area contributed by atoms with Gasteiger partial charge < -0.3 is 0 Å². The SMILES string of the molecule is C[Si](C)(C)Cp1nc([Si](C)(C)C)nc1-c1ccccc1. The van der Waals surface area contributed by atoms with E-state index in [1.165, 1.54) is 22.2 Å². The second-order valence-corrected chi connectivity index (χ2v) is 20.3. The van der Waals surface area contributed by atoms with Gasteiger partial charge in [0.15, 0.2) is 0 Å². The molecule has 0 aliphatic heterocycles. The van der Waals surface area contributed by atoms with Gasteiger partial charge in [-0.2, -0.15) is 0 Å². The molecule has 0 aliphatic rings. The minimum absolute atomic E-state index is 0.442. The highest BCUT2D eigenvalue weighted by Crippen LogP contribution is 2.39. The first kappa shape index (κ1) is 15.7. The first-order chi connectivity index (χ1) is 9.17. The summed E-state index contributed by atoms with van der Waals surface area (Å²) in [5, 5.41) is 0. The number of nitrogens with zero attached hydrogens (tertiary/aromatic N) is 2. The Morgan fingerprint density at radius 2 is 1.55 bits per heavy atom. The van der Waals surface area contributed by atoms with Crippen LogP contribution in [-0.4, -0.2) is 25.9 Å². The van der Waals surface area contributed by atoms with Crippen LogP contribution in [0.4, 0.5) is 0 Å². The fourth-order valence-electron chi connectivity index (χ4n) is 2.02. The van der Waals surface area contributed by atoms with Crippen molar-refractivity contribution in [2.45, 2.75) is 45.1 Å². The largest absolute Gasteiger partial charge is 0.232 e. The summed E-state index contributed by atoms with van der Waals surface area (Å²) in [4.78, 5) is 4.97. The molecule has 1 atom stereocenters. The van der Waals surface area contributed by atoms with Crippen LogP contribution in [0.2, 0.25) is 39.3 Å². The zero-order chi connectivity index (χ0) is 15.0. The van der Waals surface area contributed by atoms with Gasteiger partial charge in [-0.25, -0.2) is 9.73 Å². The molecule has 0 spiro atoms. The third-order valence-corrected chi connectivity index (χ3v) is 11.0. The lowest BCUT2D eigenvalue weighted by Crippen LogP contribution is -2.40. The van der Waals surface area contributed by atoms with E-state index in [-0.39, 0.29) is 0 Å². The van der Waals surface area contributed by atoms with Gasteiger partial charge in [-0.1, -0.05) is 69.6 Å². The summed E-state index contributed by atoms with van der Waals surface area (Å²) in [6.07, 6.45) is 0. The third-order valence-electron chi connectivity index (χ3n) is 3.00. The van der Waals surface area contributed by atoms with Gasteiger partial charge in [0, 0.05) is 5.56 Å². The Bertz CT molecular complexity index is 580. The van der Waals surface area contributed by atoms with Crippen LogP contribution in [0.1, 0.15) is 0 Å². The normalized spacial score (nSPS) is 13.6. The van der Waals surface area contributed by atoms with Crippen LogP contribution in [0.5, 0.6) is 0 Å². The van der Waals surface area contributed by atoms with E-state index in [2.05, 4.69) is 69.6 Å². The van der Waals surface area contributed by atoms with Crippen molar-refractivity contribution in [3.63, 3.8) is 0 Å². The van der Waals surface area contributed by atoms with Crippen molar-refractivity contribution in [1.82, 2.24) is 9.73 Å². The van der Waals surface area contributed by atoms with Crippen LogP contribution < -0.4 is 5.45 Å². The van der Waals surface area contributed by atoms with Crippen LogP contribution >= 0.6 is 7.69 Å². The molecule has 0 fully saturated rings. The maximum Gasteiger partial charge on any atom is 0.126 e. The van der Waals surface area contributed by atoms with E-state index in [1.54, 1.807) is 0 Å². The fourth-order valence-corrected chi connectivity index (χ4v) is 9.63. The van der Waals surface area contributed by atoms with Crippen LogP contribution in [0.15, 0.2) is 30.3 Å². The molecule has 0 radical (unpaired) electrons. The zero-order valence-corrected chi connectivity index (χ0v) is 16.3. The smallest absolute Gasteiger partial charge is 0.126 e. The highest BCUT2D eigenvalue weighted by molar-refractivity contribution is 7.51. The molecule has 0 bridgehead atoms. The van der Waals surface area contributed by atoms with Gasteiger partial charge in [0.25, 0.3) is 0 Å². The average molecular weight is 321 g/mol. The first-order valence-electron chi connectivity index (χ1n) is 7.17. The Morgan fingerprint density at radius 1 is 0.950 bits per heavy atom. The lowest BCUT2D eigenvalue weighted by Gasteiger charge is -2.15. The Morgan fingerprint density at radius 3 is 2.05 bits per heavy atom. The van der Waals surface area contributed by atoms with Gasteiger partial charge in [-0.15, -0.1) is 0 Å². The van der Waals surface area contributed by atoms with Gasteiger partial charge in [0.2, 0.25) is 0 Å². The number of rotatable bonds is 4. The molecule has 0 saturated carbocycles. The Kier molecular flexibility index (Phi) is 4.38. The average Bonchev–Trinajstić information content (AvgIpc) is 2.71. The molecule has 5 heteroatoms. The maximum atomic E-state index is 5.08. The van der Waals surface area contributed by atoms with E-state index in [4.69, 9.17) is 9.73 Å². The van der Waals surface area contributed by atoms with E-state index in [1.807, 2.05) is 0 Å². The molecule has 108 valence electrons. The summed E-state index contributed by atoms with van der Waals surface area (Å²) in [6, 6.07) is 10.6. The maximum absolute atomic E-state index is 5.08. The summed E-state index contributed by atoms with van der Waals surface area (Å²) in [6.45, 7) is 14.3. The predicted molar refractivity (Wildman–Crippen MR) is 96.5 cm³/mol. The van der Waals surface area contributed by atoms with Crippen molar-refractivity contribution in [2.24, 2.45) is 0 Å². The summed E-state index contributed by atoms with van der Waals surface area (Å²) in [5.74, 6) is 1.25. The molecular formula is C15H25N2PSi2. The molecule has 0 saturated heterocycles. The van der Waals surface area contributed by atoms with E-state index in [0.717, 1.165) is 0 Å². The van der Waals surface area contributed by atoms with Gasteiger partial charge in [-0.3, -0.25) is 0 Å². The molecule has 1 aromatic carbocycles. The van der Waals surface area contributed by atoms with Crippen molar-refractivity contribution in [2.75, 3.05) is 0 Å². The minimum atomic E-state index is -1.42. The monoisotopic (exact) mass is 320 g/mol. The predicted octanol–water partition coefficient (Wildman–Crippen LogP) is 4.55. The fraction of sp³-hybridized carbons (Fsp3) is 0.467. The van der Waals surface area contributed by atoms with Gasteiger partial charge in [0.05, 0.1) is 8.07 Å². The second kappa shape index (κ2) is 5.59. The number of hydrogen-bond donors (Lipinski definition) is 0. The Balaban J connectivity index is 2.51. The number of benzene rings is 1. The van der Waals surface area contributed by atoms with Gasteiger partial charge in [0.1, 0.15) is 18.9 Å². The van der Waals surface area contributed by atoms with Crippen LogP contribution in [0.25, 0.3) is 11.0 Å². The molecule has 0 amide bonds. The van der Waals surface area contributed by atoms with Crippen molar-refractivity contribution in [3.8, 4) is 11.0 Å². The topological polar surface area (TPSA) is 25.8 Å². The standard InChI is InChI=1S/C15H25N2PSi2/c1-19(2,3)12-18-14(13-10-8-7-9-11-13)16-15(17-18)20(4,5)6/h7-11H,12H2,1-6H3. The molecule has 2 nitrogen and oxygen atoms in total. The van der Waals surface area contributed by atoms with Crippen molar-refractivity contribution in [3.05, 3.63) is 30.3 Å². The second-order valence-electron chi connectivity index (χ2n) is 7.59. The van der Waals surface area contributed by atoms with E-state index < -0.39 is 23.8 Å². The van der Waals surface area contributed by atoms with Gasteiger partial charge >= 0.3 is 0 Å². The molecule has 2 aromatic rings. The van der Waals surface area contributed by atoms with Crippen molar-refractivity contribution >= 4 is 29.3 Å². The Hall–Kier alpha value is -0.706. The summed E-state index contributed by atoms with van der Waals surface area (Å²) >= 11 is 0. The molecule has 0 N–H and O–H groups in total. The summed E-state index contributed by atoms with van der Waals surface area (Å²) in [7, 11) is -2.99.